The monoisotopic (exact) mass is 275 g/mol. The van der Waals surface area contributed by atoms with Crippen molar-refractivity contribution in [3.05, 3.63) is 71.3 Å². The fourth-order valence-corrected chi connectivity index (χ4v) is 2.26. The molecular weight excluding hydrogens is 258 g/mol. The highest BCUT2D eigenvalue weighted by Gasteiger charge is 2.08. The first-order valence-electron chi connectivity index (χ1n) is 6.90. The van der Waals surface area contributed by atoms with E-state index < -0.39 is 0 Å². The molecule has 0 fully saturated rings. The van der Waals surface area contributed by atoms with Crippen molar-refractivity contribution in [2.75, 3.05) is 14.1 Å². The van der Waals surface area contributed by atoms with Gasteiger partial charge in [-0.15, -0.1) is 5.11 Å². The molecule has 3 rings (SSSR count). The number of allylic oxidation sites excluding steroid dienone is 2. The molecule has 0 radical (unpaired) electrons. The van der Waals surface area contributed by atoms with Crippen LogP contribution in [0.4, 0.5) is 5.69 Å². The van der Waals surface area contributed by atoms with E-state index in [1.165, 1.54) is 16.7 Å². The smallest absolute Gasteiger partial charge is 0.0874 e. The lowest BCUT2D eigenvalue weighted by Crippen LogP contribution is -1.98. The average Bonchev–Trinajstić information content (AvgIpc) is 2.90. The van der Waals surface area contributed by atoms with E-state index in [0.29, 0.717) is 0 Å². The summed E-state index contributed by atoms with van der Waals surface area (Å²) < 4.78 is 0. The van der Waals surface area contributed by atoms with E-state index in [9.17, 15) is 0 Å². The molecule has 3 nitrogen and oxygen atoms in total. The molecule has 0 unspecified atom stereocenters. The molecule has 0 atom stereocenters. The Balaban J connectivity index is 1.83. The Bertz CT molecular complexity index is 722. The number of benzene rings is 2. The maximum absolute atomic E-state index is 4.13. The summed E-state index contributed by atoms with van der Waals surface area (Å²) >= 11 is 0. The Hall–Kier alpha value is -2.68. The van der Waals surface area contributed by atoms with E-state index >= 15 is 0 Å². The summed E-state index contributed by atoms with van der Waals surface area (Å²) in [6.07, 6.45) is 6.50. The van der Waals surface area contributed by atoms with Crippen LogP contribution in [0.25, 0.3) is 17.7 Å². The van der Waals surface area contributed by atoms with E-state index in [1.54, 1.807) is 5.01 Å². The third-order valence-electron chi connectivity index (χ3n) is 3.27. The minimum atomic E-state index is 0.855. The first-order valence-corrected chi connectivity index (χ1v) is 6.90. The van der Waals surface area contributed by atoms with Crippen LogP contribution < -0.4 is 0 Å². The van der Waals surface area contributed by atoms with E-state index in [1.807, 2.05) is 26.2 Å². The van der Waals surface area contributed by atoms with E-state index in [4.69, 9.17) is 0 Å². The van der Waals surface area contributed by atoms with Crippen molar-refractivity contribution in [3.8, 4) is 0 Å². The minimum absolute atomic E-state index is 0.855. The van der Waals surface area contributed by atoms with Gasteiger partial charge in [-0.3, -0.25) is 5.01 Å². The molecule has 0 saturated heterocycles. The van der Waals surface area contributed by atoms with Gasteiger partial charge in [0, 0.05) is 14.1 Å². The summed E-state index contributed by atoms with van der Waals surface area (Å²) in [6.45, 7) is 0. The number of hydrogen-bond donors (Lipinski definition) is 0. The first kappa shape index (κ1) is 13.3. The Kier molecular flexibility index (Phi) is 3.65. The molecule has 2 aromatic rings. The molecule has 0 saturated carbocycles. The van der Waals surface area contributed by atoms with Crippen LogP contribution in [0.5, 0.6) is 0 Å². The van der Waals surface area contributed by atoms with Gasteiger partial charge in [-0.2, -0.15) is 0 Å². The molecule has 0 N–H and O–H groups in total. The van der Waals surface area contributed by atoms with Crippen LogP contribution in [-0.2, 0) is 0 Å². The van der Waals surface area contributed by atoms with Gasteiger partial charge in [0.05, 0.1) is 5.69 Å². The van der Waals surface area contributed by atoms with Crippen LogP contribution in [0.15, 0.2) is 64.9 Å². The zero-order chi connectivity index (χ0) is 14.7. The zero-order valence-corrected chi connectivity index (χ0v) is 12.2. The molecule has 0 amide bonds. The maximum Gasteiger partial charge on any atom is 0.0874 e. The normalized spacial score (nSPS) is 14.9. The van der Waals surface area contributed by atoms with Crippen LogP contribution in [0, 0.1) is 0 Å². The van der Waals surface area contributed by atoms with Crippen LogP contribution in [0.3, 0.4) is 0 Å². The van der Waals surface area contributed by atoms with Crippen molar-refractivity contribution >= 4 is 23.4 Å². The quantitative estimate of drug-likeness (QED) is 0.583. The SMILES string of the molecule is CN(C)N=Nc1ccc(/C=C2/C=Cc3ccccc32)cc1. The highest BCUT2D eigenvalue weighted by molar-refractivity contribution is 5.97. The predicted octanol–water partition coefficient (Wildman–Crippen LogP) is 4.81. The van der Waals surface area contributed by atoms with Crippen molar-refractivity contribution in [2.45, 2.75) is 0 Å². The van der Waals surface area contributed by atoms with Crippen molar-refractivity contribution in [1.82, 2.24) is 5.01 Å². The third kappa shape index (κ3) is 3.08. The molecule has 0 bridgehead atoms. The van der Waals surface area contributed by atoms with Gasteiger partial charge >= 0.3 is 0 Å². The molecule has 104 valence electrons. The summed E-state index contributed by atoms with van der Waals surface area (Å²) in [5.41, 5.74) is 5.82. The van der Waals surface area contributed by atoms with E-state index in [2.05, 4.69) is 65.0 Å². The Morgan fingerprint density at radius 1 is 0.905 bits per heavy atom. The van der Waals surface area contributed by atoms with E-state index in [-0.39, 0.29) is 0 Å². The molecule has 0 aliphatic heterocycles. The van der Waals surface area contributed by atoms with Gasteiger partial charge in [0.15, 0.2) is 0 Å². The molecule has 0 aromatic heterocycles. The van der Waals surface area contributed by atoms with Crippen molar-refractivity contribution in [1.29, 1.82) is 0 Å². The van der Waals surface area contributed by atoms with E-state index in [0.717, 1.165) is 11.3 Å². The van der Waals surface area contributed by atoms with Gasteiger partial charge in [-0.1, -0.05) is 53.8 Å². The molecule has 0 heterocycles. The lowest BCUT2D eigenvalue weighted by atomic mass is 10.0. The Morgan fingerprint density at radius 3 is 2.43 bits per heavy atom. The average molecular weight is 275 g/mol. The third-order valence-corrected chi connectivity index (χ3v) is 3.27. The fourth-order valence-electron chi connectivity index (χ4n) is 2.26. The van der Waals surface area contributed by atoms with Gasteiger partial charge in [0.25, 0.3) is 0 Å². The molecular formula is C18H17N3. The summed E-state index contributed by atoms with van der Waals surface area (Å²) in [5.74, 6) is 0. The first-order chi connectivity index (χ1) is 10.2. The molecule has 21 heavy (non-hydrogen) atoms. The second-order valence-corrected chi connectivity index (χ2v) is 5.15. The Labute approximate surface area is 124 Å². The topological polar surface area (TPSA) is 28.0 Å². The summed E-state index contributed by atoms with van der Waals surface area (Å²) in [6, 6.07) is 16.5. The van der Waals surface area contributed by atoms with Crippen LogP contribution in [-0.4, -0.2) is 19.1 Å². The molecule has 0 spiro atoms. The lowest BCUT2D eigenvalue weighted by Gasteiger charge is -2.02. The number of nitrogens with zero attached hydrogens (tertiary/aromatic N) is 3. The fraction of sp³-hybridized carbons (Fsp3) is 0.111. The second kappa shape index (κ2) is 5.75. The van der Waals surface area contributed by atoms with Crippen LogP contribution in [0.2, 0.25) is 0 Å². The van der Waals surface area contributed by atoms with Gasteiger partial charge in [0.1, 0.15) is 0 Å². The molecule has 2 aromatic carbocycles. The van der Waals surface area contributed by atoms with Crippen molar-refractivity contribution in [3.63, 3.8) is 0 Å². The van der Waals surface area contributed by atoms with Crippen molar-refractivity contribution < 1.29 is 0 Å². The van der Waals surface area contributed by atoms with Crippen LogP contribution in [0.1, 0.15) is 16.7 Å². The van der Waals surface area contributed by atoms with Crippen molar-refractivity contribution in [2.24, 2.45) is 10.3 Å². The largest absolute Gasteiger partial charge is 0.285 e. The number of rotatable bonds is 3. The van der Waals surface area contributed by atoms with Gasteiger partial charge in [-0.05, 0) is 40.5 Å². The molecule has 1 aliphatic carbocycles. The minimum Gasteiger partial charge on any atom is -0.285 e. The maximum atomic E-state index is 4.13. The van der Waals surface area contributed by atoms with Gasteiger partial charge in [0.2, 0.25) is 0 Å². The summed E-state index contributed by atoms with van der Waals surface area (Å²) in [7, 11) is 3.71. The molecule has 3 heteroatoms. The summed E-state index contributed by atoms with van der Waals surface area (Å²) in [4.78, 5) is 0. The highest BCUT2D eigenvalue weighted by Crippen LogP contribution is 2.30. The lowest BCUT2D eigenvalue weighted by molar-refractivity contribution is 0.408. The predicted molar refractivity (Wildman–Crippen MR) is 88.0 cm³/mol. The summed E-state index contributed by atoms with van der Waals surface area (Å²) in [5, 5.41) is 9.80. The van der Waals surface area contributed by atoms with Gasteiger partial charge in [-0.25, -0.2) is 0 Å². The number of hydrogen-bond acceptors (Lipinski definition) is 2. The number of fused-ring (bicyclic) bond motifs is 1. The van der Waals surface area contributed by atoms with Crippen LogP contribution >= 0.6 is 0 Å². The molecule has 1 aliphatic rings. The second-order valence-electron chi connectivity index (χ2n) is 5.15. The van der Waals surface area contributed by atoms with Gasteiger partial charge < -0.3 is 0 Å². The Morgan fingerprint density at radius 2 is 1.67 bits per heavy atom. The highest BCUT2D eigenvalue weighted by atomic mass is 15.5. The standard InChI is InChI=1S/C18H17N3/c1-21(2)20-19-17-11-7-14(8-12-17)13-16-10-9-15-5-3-4-6-18(15)16/h3-13H,1-2H3/b16-13-,20-19?. The zero-order valence-electron chi connectivity index (χ0n) is 12.2.